The molecule has 0 unspecified atom stereocenters. The van der Waals surface area contributed by atoms with E-state index < -0.39 is 11.7 Å². The van der Waals surface area contributed by atoms with Crippen LogP contribution in [0.25, 0.3) is 0 Å². The van der Waals surface area contributed by atoms with Gasteiger partial charge in [0, 0.05) is 13.1 Å². The molecule has 0 fully saturated rings. The van der Waals surface area contributed by atoms with Gasteiger partial charge in [0.05, 0.1) is 4.34 Å². The van der Waals surface area contributed by atoms with Crippen molar-refractivity contribution in [1.29, 1.82) is 0 Å². The molecule has 1 heterocycles. The van der Waals surface area contributed by atoms with Crippen LogP contribution >= 0.6 is 22.9 Å². The summed E-state index contributed by atoms with van der Waals surface area (Å²) in [6.07, 6.45) is -0.401. The molecular formula is C11H17ClN2O2S. The summed E-state index contributed by atoms with van der Waals surface area (Å²) in [5, 5.41) is 0.745. The zero-order valence-corrected chi connectivity index (χ0v) is 11.8. The number of hydrogen-bond donors (Lipinski definition) is 1. The largest absolute Gasteiger partial charge is 0.443 e. The number of carbonyl (C=O) groups excluding carboxylic acids is 1. The fourth-order valence-corrected chi connectivity index (χ4v) is 2.24. The molecule has 4 nitrogen and oxygen atoms in total. The Balaban J connectivity index is 2.82. The Kier molecular flexibility index (Phi) is 4.80. The third-order valence-electron chi connectivity index (χ3n) is 1.79. The molecule has 0 radical (unpaired) electrons. The summed E-state index contributed by atoms with van der Waals surface area (Å²) < 4.78 is 5.94. The molecule has 0 saturated heterocycles. The molecule has 1 aromatic rings. The number of carbonyl (C=O) groups is 1. The van der Waals surface area contributed by atoms with Crippen molar-refractivity contribution in [3.05, 3.63) is 16.5 Å². The van der Waals surface area contributed by atoms with Crippen LogP contribution in [0.3, 0.4) is 0 Å². The zero-order chi connectivity index (χ0) is 13.1. The van der Waals surface area contributed by atoms with Gasteiger partial charge in [0.1, 0.15) is 10.6 Å². The van der Waals surface area contributed by atoms with Gasteiger partial charge in [-0.1, -0.05) is 11.6 Å². The quantitative estimate of drug-likeness (QED) is 0.923. The van der Waals surface area contributed by atoms with Crippen molar-refractivity contribution in [2.24, 2.45) is 5.73 Å². The predicted molar refractivity (Wildman–Crippen MR) is 72.0 cm³/mol. The van der Waals surface area contributed by atoms with Gasteiger partial charge in [-0.2, -0.15) is 0 Å². The van der Waals surface area contributed by atoms with Crippen LogP contribution in [0.15, 0.2) is 12.1 Å². The van der Waals surface area contributed by atoms with Crippen LogP contribution in [0.1, 0.15) is 20.8 Å². The molecule has 0 aliphatic carbocycles. The number of nitrogens with zero attached hydrogens (tertiary/aromatic N) is 1. The number of rotatable bonds is 3. The van der Waals surface area contributed by atoms with Crippen LogP contribution in [0.4, 0.5) is 9.80 Å². The Morgan fingerprint density at radius 1 is 1.53 bits per heavy atom. The average Bonchev–Trinajstić information content (AvgIpc) is 2.58. The van der Waals surface area contributed by atoms with E-state index in [9.17, 15) is 4.79 Å². The van der Waals surface area contributed by atoms with Crippen molar-refractivity contribution in [1.82, 2.24) is 0 Å². The highest BCUT2D eigenvalue weighted by Crippen LogP contribution is 2.30. The Bertz CT molecular complexity index is 387. The van der Waals surface area contributed by atoms with Crippen LogP contribution in [0, 0.1) is 0 Å². The molecular weight excluding hydrogens is 260 g/mol. The first kappa shape index (κ1) is 14.3. The topological polar surface area (TPSA) is 55.6 Å². The molecule has 0 spiro atoms. The lowest BCUT2D eigenvalue weighted by Gasteiger charge is -2.26. The van der Waals surface area contributed by atoms with E-state index in [0.717, 1.165) is 5.00 Å². The summed E-state index contributed by atoms with van der Waals surface area (Å²) in [5.41, 5.74) is 4.97. The van der Waals surface area contributed by atoms with Crippen LogP contribution in [0.2, 0.25) is 4.34 Å². The Morgan fingerprint density at radius 3 is 2.59 bits per heavy atom. The minimum absolute atomic E-state index is 0.370. The van der Waals surface area contributed by atoms with E-state index in [0.29, 0.717) is 17.4 Å². The second-order valence-corrected chi connectivity index (χ2v) is 6.19. The lowest BCUT2D eigenvalue weighted by atomic mass is 10.2. The highest BCUT2D eigenvalue weighted by Gasteiger charge is 2.23. The van der Waals surface area contributed by atoms with Gasteiger partial charge in [-0.25, -0.2) is 4.79 Å². The highest BCUT2D eigenvalue weighted by molar-refractivity contribution is 7.20. The Labute approximate surface area is 110 Å². The van der Waals surface area contributed by atoms with E-state index >= 15 is 0 Å². The number of anilines is 1. The number of halogens is 1. The lowest BCUT2D eigenvalue weighted by Crippen LogP contribution is -2.39. The van der Waals surface area contributed by atoms with Gasteiger partial charge >= 0.3 is 6.09 Å². The third-order valence-corrected chi connectivity index (χ3v) is 3.05. The molecule has 0 aliphatic heterocycles. The van der Waals surface area contributed by atoms with E-state index in [-0.39, 0.29) is 0 Å². The second kappa shape index (κ2) is 5.71. The highest BCUT2D eigenvalue weighted by atomic mass is 35.5. The molecule has 0 atom stereocenters. The van der Waals surface area contributed by atoms with Crippen molar-refractivity contribution in [2.45, 2.75) is 26.4 Å². The summed E-state index contributed by atoms with van der Waals surface area (Å²) in [7, 11) is 0. The van der Waals surface area contributed by atoms with E-state index in [1.54, 1.807) is 12.1 Å². The van der Waals surface area contributed by atoms with Gasteiger partial charge in [0.15, 0.2) is 0 Å². The Hall–Kier alpha value is -0.780. The monoisotopic (exact) mass is 276 g/mol. The molecule has 1 aromatic heterocycles. The van der Waals surface area contributed by atoms with E-state index in [1.165, 1.54) is 16.2 Å². The van der Waals surface area contributed by atoms with Crippen LogP contribution in [-0.2, 0) is 4.74 Å². The first-order valence-electron chi connectivity index (χ1n) is 5.29. The fraction of sp³-hybridized carbons (Fsp3) is 0.545. The normalized spacial score (nSPS) is 11.4. The first-order valence-corrected chi connectivity index (χ1v) is 6.49. The van der Waals surface area contributed by atoms with Crippen LogP contribution < -0.4 is 10.6 Å². The maximum absolute atomic E-state index is 12.0. The lowest BCUT2D eigenvalue weighted by molar-refractivity contribution is 0.0582. The van der Waals surface area contributed by atoms with Gasteiger partial charge in [-0.15, -0.1) is 11.3 Å². The molecule has 0 bridgehead atoms. The molecule has 1 amide bonds. The summed E-state index contributed by atoms with van der Waals surface area (Å²) in [4.78, 5) is 13.5. The molecule has 6 heteroatoms. The van der Waals surface area contributed by atoms with Crippen molar-refractivity contribution in [3.63, 3.8) is 0 Å². The van der Waals surface area contributed by atoms with Gasteiger partial charge in [-0.05, 0) is 32.9 Å². The fourth-order valence-electron chi connectivity index (χ4n) is 1.19. The summed E-state index contributed by atoms with van der Waals surface area (Å²) in [6.45, 7) is 6.26. The van der Waals surface area contributed by atoms with E-state index in [1.807, 2.05) is 20.8 Å². The number of hydrogen-bond acceptors (Lipinski definition) is 4. The maximum Gasteiger partial charge on any atom is 0.415 e. The van der Waals surface area contributed by atoms with Gasteiger partial charge in [-0.3, -0.25) is 4.90 Å². The number of ether oxygens (including phenoxy) is 1. The standard InChI is InChI=1S/C11H17ClN2O2S/c1-11(2,3)16-10(15)14(7-6-13)9-5-4-8(12)17-9/h4-5H,6-7,13H2,1-3H3. The van der Waals surface area contributed by atoms with Crippen LogP contribution in [-0.4, -0.2) is 24.8 Å². The molecule has 0 aromatic carbocycles. The molecule has 96 valence electrons. The SMILES string of the molecule is CC(C)(C)OC(=O)N(CCN)c1ccc(Cl)s1. The summed E-state index contributed by atoms with van der Waals surface area (Å²) in [6, 6.07) is 3.53. The smallest absolute Gasteiger partial charge is 0.415 e. The maximum atomic E-state index is 12.0. The van der Waals surface area contributed by atoms with Crippen LogP contribution in [0.5, 0.6) is 0 Å². The minimum atomic E-state index is -0.523. The van der Waals surface area contributed by atoms with Gasteiger partial charge in [0.25, 0.3) is 0 Å². The van der Waals surface area contributed by atoms with Crippen molar-refractivity contribution in [2.75, 3.05) is 18.0 Å². The second-order valence-electron chi connectivity index (χ2n) is 4.50. The third kappa shape index (κ3) is 4.53. The summed E-state index contributed by atoms with van der Waals surface area (Å²) >= 11 is 7.18. The van der Waals surface area contributed by atoms with E-state index in [4.69, 9.17) is 22.1 Å². The zero-order valence-electron chi connectivity index (χ0n) is 10.2. The molecule has 0 aliphatic rings. The number of amides is 1. The number of thiophene rings is 1. The van der Waals surface area contributed by atoms with Gasteiger partial charge in [0.2, 0.25) is 0 Å². The molecule has 0 saturated carbocycles. The van der Waals surface area contributed by atoms with Gasteiger partial charge < -0.3 is 10.5 Å². The molecule has 2 N–H and O–H groups in total. The van der Waals surface area contributed by atoms with Crippen molar-refractivity contribution in [3.8, 4) is 0 Å². The minimum Gasteiger partial charge on any atom is -0.443 e. The van der Waals surface area contributed by atoms with Crippen molar-refractivity contribution < 1.29 is 9.53 Å². The Morgan fingerprint density at radius 2 is 2.18 bits per heavy atom. The molecule has 17 heavy (non-hydrogen) atoms. The average molecular weight is 277 g/mol. The van der Waals surface area contributed by atoms with Crippen molar-refractivity contribution >= 4 is 34.0 Å². The van der Waals surface area contributed by atoms with E-state index in [2.05, 4.69) is 0 Å². The molecule has 1 rings (SSSR count). The first-order chi connectivity index (χ1) is 7.83. The number of nitrogens with two attached hydrogens (primary N) is 1. The summed E-state index contributed by atoms with van der Waals surface area (Å²) in [5.74, 6) is 0. The predicted octanol–water partition coefficient (Wildman–Crippen LogP) is 3.10.